The van der Waals surface area contributed by atoms with Gasteiger partial charge in [-0.3, -0.25) is 4.79 Å². The Kier molecular flexibility index (Phi) is 5.10. The zero-order valence-corrected chi connectivity index (χ0v) is 14.3. The van der Waals surface area contributed by atoms with Gasteiger partial charge in [-0.15, -0.1) is 0 Å². The van der Waals surface area contributed by atoms with Crippen molar-refractivity contribution in [3.8, 4) is 0 Å². The number of carbonyl (C=O) groups excluding carboxylic acids is 1. The molecule has 1 aromatic carbocycles. The summed E-state index contributed by atoms with van der Waals surface area (Å²) in [6, 6.07) is 7.83. The molecular weight excluding hydrogens is 362 g/mol. The van der Waals surface area contributed by atoms with Gasteiger partial charge in [0.15, 0.2) is 5.69 Å². The van der Waals surface area contributed by atoms with Crippen molar-refractivity contribution >= 4 is 27.8 Å². The number of rotatable bonds is 5. The summed E-state index contributed by atoms with van der Waals surface area (Å²) in [6.07, 6.45) is 2.22. The summed E-state index contributed by atoms with van der Waals surface area (Å²) in [7, 11) is 0. The Hall–Kier alpha value is -2.28. The van der Waals surface area contributed by atoms with E-state index in [1.165, 1.54) is 0 Å². The van der Waals surface area contributed by atoms with Crippen LogP contribution in [0.15, 0.2) is 41.1 Å². The van der Waals surface area contributed by atoms with Crippen LogP contribution in [-0.2, 0) is 5.41 Å². The lowest BCUT2D eigenvalue weighted by Gasteiger charge is -2.26. The van der Waals surface area contributed by atoms with Crippen molar-refractivity contribution in [2.45, 2.75) is 19.3 Å². The first kappa shape index (κ1) is 17.1. The predicted octanol–water partition coefficient (Wildman–Crippen LogP) is 2.64. The molecule has 0 aliphatic carbocycles. The lowest BCUT2D eigenvalue weighted by Crippen LogP contribution is -2.37. The molecule has 1 amide bonds. The third-order valence-corrected chi connectivity index (χ3v) is 4.09. The van der Waals surface area contributed by atoms with E-state index in [4.69, 9.17) is 5.11 Å². The zero-order chi connectivity index (χ0) is 17.0. The fraction of sp³-hybridized carbons (Fsp3) is 0.250. The minimum atomic E-state index is -1.18. The Balaban J connectivity index is 2.06. The maximum Gasteiger partial charge on any atom is 0.356 e. The molecule has 1 heterocycles. The van der Waals surface area contributed by atoms with Crippen molar-refractivity contribution in [2.75, 3.05) is 6.54 Å². The molecule has 0 saturated heterocycles. The zero-order valence-electron chi connectivity index (χ0n) is 12.7. The van der Waals surface area contributed by atoms with Crippen LogP contribution < -0.4 is 5.32 Å². The van der Waals surface area contributed by atoms with Gasteiger partial charge >= 0.3 is 5.97 Å². The van der Waals surface area contributed by atoms with E-state index in [-0.39, 0.29) is 16.8 Å². The van der Waals surface area contributed by atoms with E-state index in [0.717, 1.165) is 22.4 Å². The molecule has 0 fully saturated rings. The van der Waals surface area contributed by atoms with Crippen molar-refractivity contribution in [2.24, 2.45) is 0 Å². The number of hydrogen-bond donors (Lipinski definition) is 2. The molecule has 0 saturated carbocycles. The fourth-order valence-electron chi connectivity index (χ4n) is 2.05. The largest absolute Gasteiger partial charge is 0.476 e. The second-order valence-corrected chi connectivity index (χ2v) is 6.49. The van der Waals surface area contributed by atoms with Gasteiger partial charge in [-0.2, -0.15) is 0 Å². The molecule has 120 valence electrons. The Morgan fingerprint density at radius 3 is 2.35 bits per heavy atom. The van der Waals surface area contributed by atoms with Crippen molar-refractivity contribution in [3.05, 3.63) is 58.1 Å². The summed E-state index contributed by atoms with van der Waals surface area (Å²) in [5.74, 6) is -1.57. The molecule has 23 heavy (non-hydrogen) atoms. The molecule has 6 nitrogen and oxygen atoms in total. The van der Waals surface area contributed by atoms with Crippen LogP contribution in [-0.4, -0.2) is 33.5 Å². The number of aromatic carboxylic acids is 1. The topological polar surface area (TPSA) is 92.2 Å². The highest BCUT2D eigenvalue weighted by Crippen LogP contribution is 2.29. The molecule has 2 rings (SSSR count). The lowest BCUT2D eigenvalue weighted by atomic mass is 9.84. The third kappa shape index (κ3) is 4.13. The monoisotopic (exact) mass is 377 g/mol. The molecule has 2 N–H and O–H groups in total. The van der Waals surface area contributed by atoms with Gasteiger partial charge < -0.3 is 10.4 Å². The molecule has 0 atom stereocenters. The molecule has 0 unspecified atom stereocenters. The smallest absolute Gasteiger partial charge is 0.356 e. The van der Waals surface area contributed by atoms with Crippen LogP contribution in [0.5, 0.6) is 0 Å². The van der Waals surface area contributed by atoms with Gasteiger partial charge in [-0.1, -0.05) is 48.0 Å². The fourth-order valence-corrected chi connectivity index (χ4v) is 2.87. The molecule has 1 aromatic heterocycles. The Labute approximate surface area is 142 Å². The van der Waals surface area contributed by atoms with Crippen LogP contribution in [0.25, 0.3) is 0 Å². The van der Waals surface area contributed by atoms with Crippen LogP contribution in [0.2, 0.25) is 0 Å². The first-order chi connectivity index (χ1) is 10.8. The van der Waals surface area contributed by atoms with Gasteiger partial charge in [-0.25, -0.2) is 14.8 Å². The molecule has 0 aliphatic heterocycles. The quantitative estimate of drug-likeness (QED) is 0.835. The average Bonchev–Trinajstić information content (AvgIpc) is 2.53. The summed E-state index contributed by atoms with van der Waals surface area (Å²) in [6.45, 7) is 4.44. The van der Waals surface area contributed by atoms with Gasteiger partial charge in [0.1, 0.15) is 5.69 Å². The molecule has 0 spiro atoms. The number of carboxylic acid groups (broad SMARTS) is 1. The van der Waals surface area contributed by atoms with Crippen LogP contribution in [0.1, 0.15) is 40.4 Å². The Bertz CT molecular complexity index is 730. The number of nitrogens with zero attached hydrogens (tertiary/aromatic N) is 2. The molecule has 7 heteroatoms. The predicted molar refractivity (Wildman–Crippen MR) is 88.5 cm³/mol. The lowest BCUT2D eigenvalue weighted by molar-refractivity contribution is 0.0689. The first-order valence-electron chi connectivity index (χ1n) is 6.90. The molecule has 0 aliphatic rings. The summed E-state index contributed by atoms with van der Waals surface area (Å²) >= 11 is 3.51. The highest BCUT2D eigenvalue weighted by atomic mass is 79.9. The van der Waals surface area contributed by atoms with Crippen molar-refractivity contribution in [3.63, 3.8) is 0 Å². The number of carbonyl (C=O) groups is 2. The van der Waals surface area contributed by atoms with E-state index in [1.807, 2.05) is 38.1 Å². The summed E-state index contributed by atoms with van der Waals surface area (Å²) in [5, 5.41) is 11.6. The molecule has 2 aromatic rings. The minimum absolute atomic E-state index is 0.0814. The van der Waals surface area contributed by atoms with Crippen molar-refractivity contribution in [1.29, 1.82) is 0 Å². The van der Waals surface area contributed by atoms with Gasteiger partial charge in [0.05, 0.1) is 12.4 Å². The number of halogens is 1. The number of hydrogen-bond acceptors (Lipinski definition) is 4. The van der Waals surface area contributed by atoms with Gasteiger partial charge in [0, 0.05) is 16.4 Å². The minimum Gasteiger partial charge on any atom is -0.476 e. The van der Waals surface area contributed by atoms with E-state index in [2.05, 4.69) is 31.2 Å². The number of carboxylic acids is 1. The summed E-state index contributed by atoms with van der Waals surface area (Å²) < 4.78 is 0.977. The third-order valence-electron chi connectivity index (χ3n) is 3.40. The average molecular weight is 378 g/mol. The van der Waals surface area contributed by atoms with Gasteiger partial charge in [0.2, 0.25) is 0 Å². The molecule has 0 bridgehead atoms. The highest BCUT2D eigenvalue weighted by Gasteiger charge is 2.24. The van der Waals surface area contributed by atoms with Crippen LogP contribution in [0.4, 0.5) is 0 Å². The standard InChI is InChI=1S/C16H16BrN3O3/c1-16(2,10-5-3-4-6-11(10)17)9-20-14(21)12-7-19-13(8-18-12)15(22)23/h3-8H,9H2,1-2H3,(H,20,21)(H,22,23). The molecular formula is C16H16BrN3O3. The highest BCUT2D eigenvalue weighted by molar-refractivity contribution is 9.10. The normalized spacial score (nSPS) is 11.1. The number of benzene rings is 1. The van der Waals surface area contributed by atoms with Crippen molar-refractivity contribution < 1.29 is 14.7 Å². The second kappa shape index (κ2) is 6.87. The summed E-state index contributed by atoms with van der Waals surface area (Å²) in [5.41, 5.74) is 0.671. The van der Waals surface area contributed by atoms with Gasteiger partial charge in [0.25, 0.3) is 5.91 Å². The van der Waals surface area contributed by atoms with Crippen LogP contribution in [0.3, 0.4) is 0 Å². The first-order valence-corrected chi connectivity index (χ1v) is 7.69. The van der Waals surface area contributed by atoms with E-state index in [9.17, 15) is 9.59 Å². The Morgan fingerprint density at radius 2 is 1.78 bits per heavy atom. The number of amides is 1. The van der Waals surface area contributed by atoms with Crippen LogP contribution >= 0.6 is 15.9 Å². The summed E-state index contributed by atoms with van der Waals surface area (Å²) in [4.78, 5) is 30.3. The number of aromatic nitrogens is 2. The number of nitrogens with one attached hydrogen (secondary N) is 1. The Morgan fingerprint density at radius 1 is 1.17 bits per heavy atom. The van der Waals surface area contributed by atoms with E-state index in [0.29, 0.717) is 6.54 Å². The second-order valence-electron chi connectivity index (χ2n) is 5.64. The molecule has 0 radical (unpaired) electrons. The maximum atomic E-state index is 12.1. The van der Waals surface area contributed by atoms with Gasteiger partial charge in [-0.05, 0) is 11.6 Å². The van der Waals surface area contributed by atoms with Crippen LogP contribution in [0, 0.1) is 0 Å². The van der Waals surface area contributed by atoms with E-state index < -0.39 is 11.9 Å². The van der Waals surface area contributed by atoms with E-state index in [1.54, 1.807) is 0 Å². The maximum absolute atomic E-state index is 12.1. The van der Waals surface area contributed by atoms with E-state index >= 15 is 0 Å². The SMILES string of the molecule is CC(C)(CNC(=O)c1cnc(C(=O)O)cn1)c1ccccc1Br. The van der Waals surface area contributed by atoms with Crippen molar-refractivity contribution in [1.82, 2.24) is 15.3 Å².